The predicted octanol–water partition coefficient (Wildman–Crippen LogP) is 3.87. The van der Waals surface area contributed by atoms with Crippen LogP contribution < -0.4 is 4.74 Å². The van der Waals surface area contributed by atoms with Gasteiger partial charge >= 0.3 is 0 Å². The summed E-state index contributed by atoms with van der Waals surface area (Å²) >= 11 is 6.39. The Bertz CT molecular complexity index is 467. The first-order valence-electron chi connectivity index (χ1n) is 5.19. The molecule has 1 unspecified atom stereocenters. The lowest BCUT2D eigenvalue weighted by atomic mass is 10.2. The lowest BCUT2D eigenvalue weighted by Crippen LogP contribution is -2.23. The summed E-state index contributed by atoms with van der Waals surface area (Å²) < 4.78 is 6.36. The van der Waals surface area contributed by atoms with Crippen LogP contribution in [-0.2, 0) is 4.79 Å². The third-order valence-corrected chi connectivity index (χ3v) is 3.47. The molecule has 18 heavy (non-hydrogen) atoms. The summed E-state index contributed by atoms with van der Waals surface area (Å²) in [7, 11) is 0. The number of ketones is 1. The standard InChI is InChI=1S/C11H11Br2NO4/c1-3-10(15)6(2)18-11-8(12)4-7(14(16)17)5-9(11)13/h4-6H,3H2,1-2H3. The fourth-order valence-corrected chi connectivity index (χ4v) is 2.64. The van der Waals surface area contributed by atoms with Gasteiger partial charge in [-0.15, -0.1) is 0 Å². The minimum absolute atomic E-state index is 0.0350. The van der Waals surface area contributed by atoms with Crippen LogP contribution in [0.15, 0.2) is 21.1 Å². The van der Waals surface area contributed by atoms with Crippen molar-refractivity contribution in [3.05, 3.63) is 31.2 Å². The topological polar surface area (TPSA) is 69.4 Å². The second-order valence-corrected chi connectivity index (χ2v) is 5.28. The van der Waals surface area contributed by atoms with Crippen LogP contribution in [0.25, 0.3) is 0 Å². The van der Waals surface area contributed by atoms with Gasteiger partial charge in [-0.3, -0.25) is 14.9 Å². The molecule has 0 spiro atoms. The molecule has 1 rings (SSSR count). The third kappa shape index (κ3) is 3.52. The summed E-state index contributed by atoms with van der Waals surface area (Å²) in [4.78, 5) is 21.6. The molecule has 1 aromatic carbocycles. The maximum Gasteiger partial charge on any atom is 0.271 e. The Hall–Kier alpha value is -0.950. The van der Waals surface area contributed by atoms with E-state index in [1.165, 1.54) is 12.1 Å². The average Bonchev–Trinajstić information content (AvgIpc) is 2.31. The number of hydrogen-bond acceptors (Lipinski definition) is 4. The molecule has 0 fully saturated rings. The first-order chi connectivity index (χ1) is 8.36. The van der Waals surface area contributed by atoms with Crippen LogP contribution in [0.1, 0.15) is 20.3 Å². The number of nitro benzene ring substituents is 1. The third-order valence-electron chi connectivity index (χ3n) is 2.29. The molecule has 0 aliphatic rings. The van der Waals surface area contributed by atoms with Crippen LogP contribution in [0, 0.1) is 10.1 Å². The fourth-order valence-electron chi connectivity index (χ4n) is 1.29. The number of nitrogens with zero attached hydrogens (tertiary/aromatic N) is 1. The van der Waals surface area contributed by atoms with E-state index in [4.69, 9.17) is 4.74 Å². The molecule has 98 valence electrons. The summed E-state index contributed by atoms with van der Waals surface area (Å²) in [6, 6.07) is 2.67. The zero-order valence-corrected chi connectivity index (χ0v) is 12.9. The van der Waals surface area contributed by atoms with Gasteiger partial charge in [-0.2, -0.15) is 0 Å². The number of rotatable bonds is 5. The molecule has 0 amide bonds. The molecule has 0 radical (unpaired) electrons. The molecule has 0 aromatic heterocycles. The van der Waals surface area contributed by atoms with E-state index in [1.807, 2.05) is 0 Å². The zero-order chi connectivity index (χ0) is 13.9. The summed E-state index contributed by atoms with van der Waals surface area (Å²) in [5.41, 5.74) is -0.0597. The Morgan fingerprint density at radius 2 is 1.94 bits per heavy atom. The van der Waals surface area contributed by atoms with Crippen LogP contribution in [0.5, 0.6) is 5.75 Å². The van der Waals surface area contributed by atoms with Crippen molar-refractivity contribution in [3.63, 3.8) is 0 Å². The SMILES string of the molecule is CCC(=O)C(C)Oc1c(Br)cc([N+](=O)[O-])cc1Br. The van der Waals surface area contributed by atoms with E-state index in [1.54, 1.807) is 13.8 Å². The van der Waals surface area contributed by atoms with Crippen LogP contribution in [0.2, 0.25) is 0 Å². The first kappa shape index (κ1) is 15.1. The van der Waals surface area contributed by atoms with Crippen molar-refractivity contribution in [2.75, 3.05) is 0 Å². The zero-order valence-electron chi connectivity index (χ0n) is 9.78. The van der Waals surface area contributed by atoms with Gasteiger partial charge in [-0.1, -0.05) is 6.92 Å². The molecule has 7 heteroatoms. The number of carbonyl (C=O) groups excluding carboxylic acids is 1. The monoisotopic (exact) mass is 379 g/mol. The molecule has 1 aromatic rings. The van der Waals surface area contributed by atoms with Gasteiger partial charge < -0.3 is 4.74 Å². The summed E-state index contributed by atoms with van der Waals surface area (Å²) in [5, 5.41) is 10.7. The fraction of sp³-hybridized carbons (Fsp3) is 0.364. The molecular formula is C11H11Br2NO4. The van der Waals surface area contributed by atoms with Crippen molar-refractivity contribution < 1.29 is 14.5 Å². The van der Waals surface area contributed by atoms with E-state index in [0.717, 1.165) is 0 Å². The van der Waals surface area contributed by atoms with Gasteiger partial charge in [0.1, 0.15) is 5.75 Å². The lowest BCUT2D eigenvalue weighted by Gasteiger charge is -2.15. The van der Waals surface area contributed by atoms with Crippen molar-refractivity contribution in [1.82, 2.24) is 0 Å². The maximum atomic E-state index is 11.5. The van der Waals surface area contributed by atoms with E-state index in [-0.39, 0.29) is 11.5 Å². The number of benzene rings is 1. The van der Waals surface area contributed by atoms with E-state index in [2.05, 4.69) is 31.9 Å². The number of hydrogen-bond donors (Lipinski definition) is 0. The second-order valence-electron chi connectivity index (χ2n) is 3.58. The van der Waals surface area contributed by atoms with Gasteiger partial charge in [0.2, 0.25) is 0 Å². The van der Waals surface area contributed by atoms with E-state index in [9.17, 15) is 14.9 Å². The van der Waals surface area contributed by atoms with Gasteiger partial charge in [-0.25, -0.2) is 0 Å². The average molecular weight is 381 g/mol. The van der Waals surface area contributed by atoms with Crippen LogP contribution in [0.4, 0.5) is 5.69 Å². The molecule has 0 N–H and O–H groups in total. The van der Waals surface area contributed by atoms with E-state index in [0.29, 0.717) is 21.1 Å². The normalized spacial score (nSPS) is 12.0. The molecule has 0 bridgehead atoms. The van der Waals surface area contributed by atoms with Crippen molar-refractivity contribution in [3.8, 4) is 5.75 Å². The highest BCUT2D eigenvalue weighted by atomic mass is 79.9. The summed E-state index contributed by atoms with van der Waals surface area (Å²) in [5.74, 6) is 0.349. The Morgan fingerprint density at radius 3 is 2.33 bits per heavy atom. The van der Waals surface area contributed by atoms with Gasteiger partial charge in [0, 0.05) is 18.6 Å². The molecule has 1 atom stereocenters. The van der Waals surface area contributed by atoms with Gasteiger partial charge in [0.25, 0.3) is 5.69 Å². The lowest BCUT2D eigenvalue weighted by molar-refractivity contribution is -0.385. The van der Waals surface area contributed by atoms with E-state index < -0.39 is 11.0 Å². The van der Waals surface area contributed by atoms with Crippen molar-refractivity contribution in [2.45, 2.75) is 26.4 Å². The molecule has 0 saturated carbocycles. The van der Waals surface area contributed by atoms with Crippen molar-refractivity contribution >= 4 is 43.3 Å². The maximum absolute atomic E-state index is 11.5. The minimum Gasteiger partial charge on any atom is -0.481 e. The predicted molar refractivity (Wildman–Crippen MR) is 73.9 cm³/mol. The highest BCUT2D eigenvalue weighted by Crippen LogP contribution is 2.37. The number of ether oxygens (including phenoxy) is 1. The molecule has 0 heterocycles. The van der Waals surface area contributed by atoms with E-state index >= 15 is 0 Å². The van der Waals surface area contributed by atoms with Crippen LogP contribution in [0.3, 0.4) is 0 Å². The highest BCUT2D eigenvalue weighted by Gasteiger charge is 2.19. The van der Waals surface area contributed by atoms with Gasteiger partial charge in [0.15, 0.2) is 11.9 Å². The molecular weight excluding hydrogens is 370 g/mol. The smallest absolute Gasteiger partial charge is 0.271 e. The van der Waals surface area contributed by atoms with Crippen LogP contribution in [-0.4, -0.2) is 16.8 Å². The minimum atomic E-state index is -0.593. The number of nitro groups is 1. The summed E-state index contributed by atoms with van der Waals surface area (Å²) in [6.07, 6.45) is -0.215. The molecule has 5 nitrogen and oxygen atoms in total. The number of carbonyl (C=O) groups is 1. The molecule has 0 aliphatic heterocycles. The molecule has 0 aliphatic carbocycles. The Balaban J connectivity index is 3.04. The quantitative estimate of drug-likeness (QED) is 0.574. The second kappa shape index (κ2) is 6.29. The Morgan fingerprint density at radius 1 is 1.44 bits per heavy atom. The number of Topliss-reactive ketones (excluding diaryl/α,β-unsaturated/α-hetero) is 1. The highest BCUT2D eigenvalue weighted by molar-refractivity contribution is 9.11. The largest absolute Gasteiger partial charge is 0.481 e. The molecule has 0 saturated heterocycles. The summed E-state index contributed by atoms with van der Waals surface area (Å²) in [6.45, 7) is 3.40. The first-order valence-corrected chi connectivity index (χ1v) is 6.78. The van der Waals surface area contributed by atoms with Crippen LogP contribution >= 0.6 is 31.9 Å². The number of halogens is 2. The number of non-ortho nitro benzene ring substituents is 1. The van der Waals surface area contributed by atoms with Gasteiger partial charge in [-0.05, 0) is 38.8 Å². The Labute approximate surface area is 121 Å². The Kier molecular flexibility index (Phi) is 5.28. The van der Waals surface area contributed by atoms with Crippen molar-refractivity contribution in [2.24, 2.45) is 0 Å². The van der Waals surface area contributed by atoms with Gasteiger partial charge in [0.05, 0.1) is 13.9 Å². The van der Waals surface area contributed by atoms with Crippen molar-refractivity contribution in [1.29, 1.82) is 0 Å².